The molecule has 0 bridgehead atoms. The number of benzene rings is 2. The lowest BCUT2D eigenvalue weighted by atomic mass is 10.1. The fraction of sp³-hybridized carbons (Fsp3) is 0.381. The highest BCUT2D eigenvalue weighted by Gasteiger charge is 2.12. The third-order valence-corrected chi connectivity index (χ3v) is 5.06. The van der Waals surface area contributed by atoms with Gasteiger partial charge in [-0.25, -0.2) is 0 Å². The number of nitrogens with one attached hydrogen (secondary N) is 2. The lowest BCUT2D eigenvalue weighted by Crippen LogP contribution is -2.37. The number of unbranched alkanes of at least 4 members (excludes halogenated alkanes) is 1. The molecule has 1 aromatic heterocycles. The van der Waals surface area contributed by atoms with Gasteiger partial charge in [0.2, 0.25) is 0 Å². The Hall–Kier alpha value is -2.37. The Morgan fingerprint density at radius 2 is 1.92 bits per heavy atom. The van der Waals surface area contributed by atoms with Gasteiger partial charge >= 0.3 is 0 Å². The second-order valence-corrected chi connectivity index (χ2v) is 6.85. The first-order valence-electron chi connectivity index (χ1n) is 9.40. The van der Waals surface area contributed by atoms with Crippen molar-refractivity contribution in [2.45, 2.75) is 12.8 Å². The van der Waals surface area contributed by atoms with Crippen LogP contribution in [-0.2, 0) is 4.74 Å². The Labute approximate surface area is 153 Å². The predicted molar refractivity (Wildman–Crippen MR) is 105 cm³/mol. The number of H-pyrrole nitrogens is 1. The summed E-state index contributed by atoms with van der Waals surface area (Å²) >= 11 is 0. The second kappa shape index (κ2) is 7.89. The number of ether oxygens (including phenoxy) is 1. The highest BCUT2D eigenvalue weighted by atomic mass is 16.5. The molecule has 3 aromatic rings. The van der Waals surface area contributed by atoms with Crippen LogP contribution in [0.1, 0.15) is 23.3 Å². The van der Waals surface area contributed by atoms with E-state index >= 15 is 0 Å². The van der Waals surface area contributed by atoms with Gasteiger partial charge in [-0.3, -0.25) is 9.69 Å². The average molecular weight is 351 g/mol. The summed E-state index contributed by atoms with van der Waals surface area (Å²) < 4.78 is 5.36. The first-order chi connectivity index (χ1) is 12.8. The number of amides is 1. The molecular weight excluding hydrogens is 326 g/mol. The van der Waals surface area contributed by atoms with Crippen LogP contribution in [0.3, 0.4) is 0 Å². The molecule has 0 atom stereocenters. The maximum Gasteiger partial charge on any atom is 0.267 e. The van der Waals surface area contributed by atoms with Gasteiger partial charge < -0.3 is 15.0 Å². The van der Waals surface area contributed by atoms with Crippen molar-refractivity contribution in [2.75, 3.05) is 39.4 Å². The quantitative estimate of drug-likeness (QED) is 0.671. The van der Waals surface area contributed by atoms with Crippen LogP contribution >= 0.6 is 0 Å². The molecule has 0 unspecified atom stereocenters. The maximum absolute atomic E-state index is 12.4. The molecular formula is C21H25N3O2. The Balaban J connectivity index is 1.32. The van der Waals surface area contributed by atoms with Crippen molar-refractivity contribution < 1.29 is 9.53 Å². The van der Waals surface area contributed by atoms with Crippen LogP contribution in [0.15, 0.2) is 42.5 Å². The standard InChI is InChI=1S/C21H25N3O2/c25-21(22-9-3-4-10-24-11-13-26-14-12-24)20-15-18-17-6-2-1-5-16(17)7-8-19(18)23-20/h1-2,5-8,15,23H,3-4,9-14H2,(H,22,25). The highest BCUT2D eigenvalue weighted by molar-refractivity contribution is 6.09. The minimum absolute atomic E-state index is 0.0309. The van der Waals surface area contributed by atoms with E-state index in [1.54, 1.807) is 0 Å². The molecule has 1 saturated heterocycles. The summed E-state index contributed by atoms with van der Waals surface area (Å²) in [6.07, 6.45) is 2.09. The maximum atomic E-state index is 12.4. The SMILES string of the molecule is O=C(NCCCCN1CCOCC1)c1cc2c(ccc3ccccc32)[nH]1. The molecule has 5 heteroatoms. The summed E-state index contributed by atoms with van der Waals surface area (Å²) in [5.74, 6) is -0.0309. The van der Waals surface area contributed by atoms with Crippen molar-refractivity contribution in [1.82, 2.24) is 15.2 Å². The van der Waals surface area contributed by atoms with Crippen LogP contribution in [-0.4, -0.2) is 55.2 Å². The van der Waals surface area contributed by atoms with Crippen LogP contribution in [0, 0.1) is 0 Å². The summed E-state index contributed by atoms with van der Waals surface area (Å²) in [5, 5.41) is 6.49. The van der Waals surface area contributed by atoms with E-state index in [9.17, 15) is 4.79 Å². The van der Waals surface area contributed by atoms with Crippen LogP contribution in [0.4, 0.5) is 0 Å². The zero-order valence-corrected chi connectivity index (χ0v) is 15.0. The number of morpholine rings is 1. The zero-order chi connectivity index (χ0) is 17.8. The van der Waals surface area contributed by atoms with Crippen LogP contribution < -0.4 is 5.32 Å². The van der Waals surface area contributed by atoms with Gasteiger partial charge in [0.1, 0.15) is 5.69 Å². The summed E-state index contributed by atoms with van der Waals surface area (Å²) in [4.78, 5) is 18.1. The lowest BCUT2D eigenvalue weighted by molar-refractivity contribution is 0.0372. The van der Waals surface area contributed by atoms with Crippen molar-refractivity contribution in [1.29, 1.82) is 0 Å². The van der Waals surface area contributed by atoms with Crippen molar-refractivity contribution in [3.8, 4) is 0 Å². The molecule has 1 aliphatic rings. The molecule has 0 saturated carbocycles. The number of aromatic amines is 1. The summed E-state index contributed by atoms with van der Waals surface area (Å²) in [6, 6.07) is 14.3. The average Bonchev–Trinajstić information content (AvgIpc) is 3.13. The molecule has 2 N–H and O–H groups in total. The van der Waals surface area contributed by atoms with Crippen LogP contribution in [0.25, 0.3) is 21.7 Å². The Morgan fingerprint density at radius 1 is 1.08 bits per heavy atom. The van der Waals surface area contributed by atoms with Gasteiger partial charge in [-0.2, -0.15) is 0 Å². The van der Waals surface area contributed by atoms with Crippen molar-refractivity contribution in [2.24, 2.45) is 0 Å². The number of nitrogens with zero attached hydrogens (tertiary/aromatic N) is 1. The number of hydrogen-bond donors (Lipinski definition) is 2. The van der Waals surface area contributed by atoms with Gasteiger partial charge in [0.05, 0.1) is 13.2 Å². The highest BCUT2D eigenvalue weighted by Crippen LogP contribution is 2.25. The molecule has 2 heterocycles. The van der Waals surface area contributed by atoms with Gasteiger partial charge in [0, 0.05) is 30.5 Å². The van der Waals surface area contributed by atoms with E-state index in [2.05, 4.69) is 33.4 Å². The van der Waals surface area contributed by atoms with E-state index in [1.807, 2.05) is 24.3 Å². The monoisotopic (exact) mass is 351 g/mol. The molecule has 4 rings (SSSR count). The fourth-order valence-electron chi connectivity index (χ4n) is 3.59. The van der Waals surface area contributed by atoms with Crippen LogP contribution in [0.5, 0.6) is 0 Å². The minimum atomic E-state index is -0.0309. The van der Waals surface area contributed by atoms with E-state index in [0.29, 0.717) is 12.2 Å². The Bertz CT molecular complexity index is 897. The molecule has 0 spiro atoms. The first-order valence-corrected chi connectivity index (χ1v) is 9.40. The predicted octanol–water partition coefficient (Wildman–Crippen LogP) is 3.16. The number of carbonyl (C=O) groups excluding carboxylic acids is 1. The van der Waals surface area contributed by atoms with Gasteiger partial charge in [-0.1, -0.05) is 30.3 Å². The fourth-order valence-corrected chi connectivity index (χ4v) is 3.59. The Kier molecular flexibility index (Phi) is 5.18. The van der Waals surface area contributed by atoms with Crippen molar-refractivity contribution in [3.63, 3.8) is 0 Å². The van der Waals surface area contributed by atoms with Gasteiger partial charge in [-0.15, -0.1) is 0 Å². The normalized spacial score (nSPS) is 15.5. The van der Waals surface area contributed by atoms with Crippen LogP contribution in [0.2, 0.25) is 0 Å². The van der Waals surface area contributed by atoms with Crippen molar-refractivity contribution in [3.05, 3.63) is 48.2 Å². The van der Waals surface area contributed by atoms with Gasteiger partial charge in [-0.05, 0) is 42.3 Å². The summed E-state index contributed by atoms with van der Waals surface area (Å²) in [5.41, 5.74) is 1.63. The number of aromatic nitrogens is 1. The molecule has 1 aliphatic heterocycles. The lowest BCUT2D eigenvalue weighted by Gasteiger charge is -2.26. The number of hydrogen-bond acceptors (Lipinski definition) is 3. The Morgan fingerprint density at radius 3 is 2.81 bits per heavy atom. The molecule has 1 amide bonds. The van der Waals surface area contributed by atoms with E-state index < -0.39 is 0 Å². The summed E-state index contributed by atoms with van der Waals surface area (Å²) in [6.45, 7) is 5.51. The van der Waals surface area contributed by atoms with E-state index in [1.165, 1.54) is 10.8 Å². The number of fused-ring (bicyclic) bond motifs is 3. The zero-order valence-electron chi connectivity index (χ0n) is 15.0. The number of carbonyl (C=O) groups is 1. The molecule has 5 nitrogen and oxygen atoms in total. The topological polar surface area (TPSA) is 57.4 Å². The first kappa shape index (κ1) is 17.1. The third kappa shape index (κ3) is 3.74. The molecule has 0 radical (unpaired) electrons. The smallest absolute Gasteiger partial charge is 0.267 e. The van der Waals surface area contributed by atoms with Gasteiger partial charge in [0.15, 0.2) is 0 Å². The molecule has 2 aromatic carbocycles. The third-order valence-electron chi connectivity index (χ3n) is 5.06. The van der Waals surface area contributed by atoms with Gasteiger partial charge in [0.25, 0.3) is 5.91 Å². The number of rotatable bonds is 6. The van der Waals surface area contributed by atoms with E-state index in [0.717, 1.165) is 56.6 Å². The minimum Gasteiger partial charge on any atom is -0.379 e. The molecule has 136 valence electrons. The van der Waals surface area contributed by atoms with E-state index in [4.69, 9.17) is 4.74 Å². The second-order valence-electron chi connectivity index (χ2n) is 6.85. The largest absolute Gasteiger partial charge is 0.379 e. The molecule has 0 aliphatic carbocycles. The molecule has 1 fully saturated rings. The van der Waals surface area contributed by atoms with Crippen molar-refractivity contribution >= 4 is 27.6 Å². The van der Waals surface area contributed by atoms with E-state index in [-0.39, 0.29) is 5.91 Å². The summed E-state index contributed by atoms with van der Waals surface area (Å²) in [7, 11) is 0. The molecule has 26 heavy (non-hydrogen) atoms.